The van der Waals surface area contributed by atoms with Gasteiger partial charge in [0.2, 0.25) is 0 Å². The molecule has 5 aliphatic heterocycles. The van der Waals surface area contributed by atoms with Crippen molar-refractivity contribution in [3.8, 4) is 0 Å². The zero-order chi connectivity index (χ0) is 53.2. The maximum absolute atomic E-state index is 4.54. The van der Waals surface area contributed by atoms with E-state index >= 15 is 0 Å². The van der Waals surface area contributed by atoms with Crippen LogP contribution in [0.5, 0.6) is 0 Å². The molecular weight excluding hydrogens is 925 g/mol. The molecule has 0 amide bonds. The fourth-order valence-electron chi connectivity index (χ4n) is 8.75. The number of benzene rings is 2. The van der Waals surface area contributed by atoms with E-state index in [1.165, 1.54) is 45.0 Å². The SMILES string of the molecule is Cc1ccccc1N1C=CN(C)[C@@H]1C.Cc1ccccc1N1c2ncccc2N(C)[C@@H]1C.Cc1ccncc1N1C=NN(C)[C@@H]1C.Cc1cnccc1N1C=NN(C)[C@@H]1C.Cc1ncncc1N1C=NN(C)[C@@H]1C. The molecule has 11 rings (SSSR count). The van der Waals surface area contributed by atoms with E-state index in [0.29, 0.717) is 6.17 Å². The van der Waals surface area contributed by atoms with E-state index < -0.39 is 0 Å². The highest BCUT2D eigenvalue weighted by Crippen LogP contribution is 2.42. The topological polar surface area (TPSA) is 134 Å². The Hall–Kier alpha value is -8.28. The van der Waals surface area contributed by atoms with Crippen LogP contribution in [0.25, 0.3) is 0 Å². The molecule has 388 valence electrons. The van der Waals surface area contributed by atoms with E-state index in [9.17, 15) is 0 Å². The van der Waals surface area contributed by atoms with Crippen LogP contribution >= 0.6 is 0 Å². The summed E-state index contributed by atoms with van der Waals surface area (Å²) in [5.74, 6) is 1.04. The van der Waals surface area contributed by atoms with E-state index in [4.69, 9.17) is 0 Å². The molecule has 4 aromatic heterocycles. The van der Waals surface area contributed by atoms with Crippen molar-refractivity contribution in [3.63, 3.8) is 0 Å². The molecule has 0 aliphatic carbocycles. The van der Waals surface area contributed by atoms with Crippen LogP contribution in [0.3, 0.4) is 0 Å². The van der Waals surface area contributed by atoms with Crippen molar-refractivity contribution in [2.45, 2.75) is 100 Å². The first-order valence-electron chi connectivity index (χ1n) is 25.0. The second-order valence-electron chi connectivity index (χ2n) is 18.9. The number of hydrogen-bond donors (Lipinski definition) is 0. The number of rotatable bonds is 5. The van der Waals surface area contributed by atoms with E-state index in [1.54, 1.807) is 25.1 Å². The van der Waals surface area contributed by atoms with E-state index in [-0.39, 0.29) is 24.7 Å². The first-order valence-corrected chi connectivity index (χ1v) is 25.0. The van der Waals surface area contributed by atoms with Crippen molar-refractivity contribution in [2.75, 3.05) is 64.6 Å². The van der Waals surface area contributed by atoms with Crippen molar-refractivity contribution in [2.24, 2.45) is 15.3 Å². The van der Waals surface area contributed by atoms with E-state index in [1.807, 2.05) is 98.8 Å². The van der Waals surface area contributed by atoms with Gasteiger partial charge in [0, 0.05) is 89.5 Å². The summed E-state index contributed by atoms with van der Waals surface area (Å²) in [4.78, 5) is 36.3. The normalized spacial score (nSPS) is 20.0. The van der Waals surface area contributed by atoms with Gasteiger partial charge in [0.1, 0.15) is 56.2 Å². The molecule has 6 aromatic rings. The Morgan fingerprint density at radius 3 is 1.42 bits per heavy atom. The predicted octanol–water partition coefficient (Wildman–Crippen LogP) is 9.58. The van der Waals surface area contributed by atoms with Gasteiger partial charge in [0.25, 0.3) is 0 Å². The number of para-hydroxylation sites is 2. The monoisotopic (exact) mass is 999 g/mol. The Labute approximate surface area is 438 Å². The predicted molar refractivity (Wildman–Crippen MR) is 305 cm³/mol. The van der Waals surface area contributed by atoms with Gasteiger partial charge >= 0.3 is 0 Å². The average Bonchev–Trinajstić information content (AvgIpc) is 4.18. The van der Waals surface area contributed by atoms with Gasteiger partial charge < -0.3 is 34.3 Å². The smallest absolute Gasteiger partial charge is 0.158 e. The molecule has 74 heavy (non-hydrogen) atoms. The Kier molecular flexibility index (Phi) is 17.3. The number of hydrogen-bond acceptors (Lipinski definition) is 18. The Balaban J connectivity index is 0.000000136. The summed E-state index contributed by atoms with van der Waals surface area (Å²) in [5.41, 5.74) is 12.9. The quantitative estimate of drug-likeness (QED) is 0.162. The van der Waals surface area contributed by atoms with E-state index in [2.05, 4.69) is 218 Å². The minimum absolute atomic E-state index is 0.222. The van der Waals surface area contributed by atoms with Gasteiger partial charge in [-0.2, -0.15) is 15.3 Å². The molecule has 2 aromatic carbocycles. The first-order chi connectivity index (χ1) is 35.5. The van der Waals surface area contributed by atoms with Crippen molar-refractivity contribution in [1.82, 2.24) is 44.8 Å². The average molecular weight is 999 g/mol. The summed E-state index contributed by atoms with van der Waals surface area (Å²) in [6.45, 7) is 21.1. The third-order valence-electron chi connectivity index (χ3n) is 14.2. The Morgan fingerprint density at radius 2 is 0.892 bits per heavy atom. The van der Waals surface area contributed by atoms with Gasteiger partial charge in [0.15, 0.2) is 5.82 Å². The lowest BCUT2D eigenvalue weighted by molar-refractivity contribution is 0.303. The molecule has 9 heterocycles. The Morgan fingerprint density at radius 1 is 0.392 bits per heavy atom. The molecule has 0 N–H and O–H groups in total. The first kappa shape index (κ1) is 53.5. The van der Waals surface area contributed by atoms with Crippen LogP contribution in [0.1, 0.15) is 62.6 Å². The van der Waals surface area contributed by atoms with Crippen LogP contribution in [0, 0.1) is 34.6 Å². The summed E-state index contributed by atoms with van der Waals surface area (Å²) in [7, 11) is 10.1. The van der Waals surface area contributed by atoms with Crippen LogP contribution in [-0.4, -0.2) is 130 Å². The number of aryl methyl sites for hydroxylation is 5. The zero-order valence-corrected chi connectivity index (χ0v) is 45.8. The van der Waals surface area contributed by atoms with Gasteiger partial charge in [-0.15, -0.1) is 0 Å². The summed E-state index contributed by atoms with van der Waals surface area (Å²) < 4.78 is 0. The van der Waals surface area contributed by atoms with Crippen molar-refractivity contribution in [3.05, 3.63) is 157 Å². The van der Waals surface area contributed by atoms with Gasteiger partial charge in [0.05, 0.1) is 35.1 Å². The van der Waals surface area contributed by atoms with Gasteiger partial charge in [-0.25, -0.2) is 15.0 Å². The second-order valence-corrected chi connectivity index (χ2v) is 18.9. The van der Waals surface area contributed by atoms with Crippen LogP contribution in [0.4, 0.5) is 39.9 Å². The summed E-state index contributed by atoms with van der Waals surface area (Å²) in [5, 5.41) is 18.4. The molecule has 0 spiro atoms. The number of hydrazone groups is 3. The Bertz CT molecular complexity index is 2640. The fraction of sp³-hybridized carbons (Fsp3) is 0.357. The molecular formula is C56H74N18. The fourth-order valence-corrected chi connectivity index (χ4v) is 8.75. The van der Waals surface area contributed by atoms with Crippen LogP contribution in [-0.2, 0) is 0 Å². The minimum atomic E-state index is 0.222. The molecule has 18 nitrogen and oxygen atoms in total. The number of anilines is 7. The summed E-state index contributed by atoms with van der Waals surface area (Å²) in [6.07, 6.45) is 23.8. The minimum Gasteiger partial charge on any atom is -0.359 e. The van der Waals surface area contributed by atoms with Crippen LogP contribution < -0.4 is 29.4 Å². The maximum atomic E-state index is 4.54. The molecule has 0 fully saturated rings. The largest absolute Gasteiger partial charge is 0.359 e. The molecule has 5 aliphatic rings. The van der Waals surface area contributed by atoms with Crippen molar-refractivity contribution in [1.29, 1.82) is 0 Å². The van der Waals surface area contributed by atoms with Crippen molar-refractivity contribution < 1.29 is 0 Å². The molecule has 0 unspecified atom stereocenters. The van der Waals surface area contributed by atoms with Gasteiger partial charge in [-0.05, 0) is 128 Å². The highest BCUT2D eigenvalue weighted by atomic mass is 15.6. The lowest BCUT2D eigenvalue weighted by Gasteiger charge is -2.28. The highest BCUT2D eigenvalue weighted by molar-refractivity contribution is 5.84. The molecule has 18 heteroatoms. The molecule has 0 radical (unpaired) electrons. The molecule has 5 atom stereocenters. The molecule has 0 saturated carbocycles. The van der Waals surface area contributed by atoms with E-state index in [0.717, 1.165) is 22.9 Å². The lowest BCUT2D eigenvalue weighted by Crippen LogP contribution is -2.36. The van der Waals surface area contributed by atoms with Crippen LogP contribution in [0.15, 0.2) is 144 Å². The lowest BCUT2D eigenvalue weighted by atomic mass is 10.2. The number of pyridine rings is 3. The van der Waals surface area contributed by atoms with Crippen LogP contribution in [0.2, 0.25) is 0 Å². The standard InChI is InChI=1S/C15H17N3.C12H16N2.2C10H14N4.C9H13N5/c1-11-7-4-5-8-13(11)18-12(2)17(3)14-9-6-10-16-15(14)18;1-10-6-4-5-7-12(10)14-9-8-13(3)11(14)2;1-8-6-11-5-4-10(8)14-7-12-13(3)9(14)2;1-8-4-5-11-6-10(8)14-7-12-13(3)9(14)2;1-7-9(4-10-5-11-7)14-6-12-13(3)8(14)2/h4-10,12H,1-3H3;4-9,11H,1-3H3;2*4-7,9H,1-3H3;4-6,8H,1-3H3/t12-;11-;2*9-;8-/m00000/s1. The summed E-state index contributed by atoms with van der Waals surface area (Å²) in [6, 6.07) is 25.1. The van der Waals surface area contributed by atoms with Gasteiger partial charge in [-0.1, -0.05) is 36.4 Å². The highest BCUT2D eigenvalue weighted by Gasteiger charge is 2.33. The molecule has 0 saturated heterocycles. The third-order valence-corrected chi connectivity index (χ3v) is 14.2. The third kappa shape index (κ3) is 11.8. The number of fused-ring (bicyclic) bond motifs is 1. The zero-order valence-electron chi connectivity index (χ0n) is 45.8. The number of aromatic nitrogens is 5. The maximum Gasteiger partial charge on any atom is 0.158 e. The summed E-state index contributed by atoms with van der Waals surface area (Å²) >= 11 is 0. The number of nitrogens with zero attached hydrogens (tertiary/aromatic N) is 18. The van der Waals surface area contributed by atoms with Crippen molar-refractivity contribution >= 4 is 59.0 Å². The van der Waals surface area contributed by atoms with Gasteiger partial charge in [-0.3, -0.25) is 25.0 Å². The molecule has 0 bridgehead atoms. The second kappa shape index (κ2) is 24.0.